The number of amides is 1. The number of nitrogens with one attached hydrogen (secondary N) is 2. The van der Waals surface area contributed by atoms with Gasteiger partial charge in [-0.15, -0.1) is 0 Å². The van der Waals surface area contributed by atoms with Gasteiger partial charge in [0, 0.05) is 24.5 Å². The van der Waals surface area contributed by atoms with Gasteiger partial charge in [0.15, 0.2) is 0 Å². The summed E-state index contributed by atoms with van der Waals surface area (Å²) in [6.45, 7) is 0. The second-order valence-corrected chi connectivity index (χ2v) is 6.11. The zero-order valence-corrected chi connectivity index (χ0v) is 11.9. The minimum absolute atomic E-state index is 0.0787. The van der Waals surface area contributed by atoms with Crippen LogP contribution >= 0.6 is 0 Å². The van der Waals surface area contributed by atoms with Crippen LogP contribution in [-0.2, 0) is 11.2 Å². The second kappa shape index (κ2) is 6.10. The maximum Gasteiger partial charge on any atom is 0.220 e. The van der Waals surface area contributed by atoms with E-state index < -0.39 is 11.6 Å². The van der Waals surface area contributed by atoms with Crippen LogP contribution in [0.4, 0.5) is 8.78 Å². The van der Waals surface area contributed by atoms with Crippen LogP contribution in [0.2, 0.25) is 0 Å². The molecule has 2 unspecified atom stereocenters. The SMILES string of the molecule is O=C(CCc1cc(F)ccc1F)NC1CC2CCC(C1)N2. The number of rotatable bonds is 4. The Morgan fingerprint density at radius 1 is 1.24 bits per heavy atom. The molecular weight excluding hydrogens is 274 g/mol. The summed E-state index contributed by atoms with van der Waals surface area (Å²) in [5.41, 5.74) is 0.260. The number of aryl methyl sites for hydroxylation is 1. The van der Waals surface area contributed by atoms with Crippen molar-refractivity contribution < 1.29 is 13.6 Å². The largest absolute Gasteiger partial charge is 0.353 e. The van der Waals surface area contributed by atoms with Gasteiger partial charge in [-0.05, 0) is 55.9 Å². The van der Waals surface area contributed by atoms with Crippen molar-refractivity contribution in [3.05, 3.63) is 35.4 Å². The van der Waals surface area contributed by atoms with Crippen molar-refractivity contribution in [3.63, 3.8) is 0 Å². The van der Waals surface area contributed by atoms with E-state index in [4.69, 9.17) is 0 Å². The molecule has 21 heavy (non-hydrogen) atoms. The molecule has 1 aromatic carbocycles. The fourth-order valence-corrected chi connectivity index (χ4v) is 3.46. The fraction of sp³-hybridized carbons (Fsp3) is 0.562. The van der Waals surface area contributed by atoms with Crippen LogP contribution in [0.15, 0.2) is 18.2 Å². The molecule has 2 bridgehead atoms. The lowest BCUT2D eigenvalue weighted by Crippen LogP contribution is -2.48. The van der Waals surface area contributed by atoms with Crippen LogP contribution < -0.4 is 10.6 Å². The first-order valence-electron chi connectivity index (χ1n) is 7.59. The lowest BCUT2D eigenvalue weighted by Gasteiger charge is -2.29. The van der Waals surface area contributed by atoms with Crippen LogP contribution in [0.1, 0.15) is 37.7 Å². The first-order chi connectivity index (χ1) is 10.1. The van der Waals surface area contributed by atoms with Gasteiger partial charge in [-0.2, -0.15) is 0 Å². The molecule has 1 aromatic rings. The van der Waals surface area contributed by atoms with Crippen molar-refractivity contribution in [2.45, 2.75) is 56.7 Å². The molecule has 2 aliphatic rings. The molecule has 1 amide bonds. The van der Waals surface area contributed by atoms with E-state index in [-0.39, 0.29) is 30.4 Å². The number of carbonyl (C=O) groups excluding carboxylic acids is 1. The third-order valence-corrected chi connectivity index (χ3v) is 4.47. The average Bonchev–Trinajstić information content (AvgIpc) is 2.79. The second-order valence-electron chi connectivity index (χ2n) is 6.11. The fourth-order valence-electron chi connectivity index (χ4n) is 3.46. The Bertz CT molecular complexity index is 523. The highest BCUT2D eigenvalue weighted by molar-refractivity contribution is 5.76. The Hall–Kier alpha value is -1.49. The lowest BCUT2D eigenvalue weighted by molar-refractivity contribution is -0.122. The quantitative estimate of drug-likeness (QED) is 0.894. The Labute approximate surface area is 123 Å². The Morgan fingerprint density at radius 2 is 1.95 bits per heavy atom. The molecule has 2 N–H and O–H groups in total. The molecule has 0 saturated carbocycles. The van der Waals surface area contributed by atoms with E-state index in [1.54, 1.807) is 0 Å². The Kier molecular flexibility index (Phi) is 4.19. The van der Waals surface area contributed by atoms with Crippen molar-refractivity contribution >= 4 is 5.91 Å². The van der Waals surface area contributed by atoms with Gasteiger partial charge in [0.25, 0.3) is 0 Å². The van der Waals surface area contributed by atoms with Gasteiger partial charge in [0.05, 0.1) is 0 Å². The molecule has 2 saturated heterocycles. The van der Waals surface area contributed by atoms with Crippen LogP contribution in [0.5, 0.6) is 0 Å². The van der Waals surface area contributed by atoms with E-state index in [0.717, 1.165) is 31.0 Å². The maximum atomic E-state index is 13.5. The van der Waals surface area contributed by atoms with E-state index >= 15 is 0 Å². The number of hydrogen-bond acceptors (Lipinski definition) is 2. The molecule has 2 atom stereocenters. The van der Waals surface area contributed by atoms with Crippen LogP contribution in [0, 0.1) is 11.6 Å². The predicted octanol–water partition coefficient (Wildman–Crippen LogP) is 2.30. The summed E-state index contributed by atoms with van der Waals surface area (Å²) in [4.78, 5) is 12.0. The molecule has 2 heterocycles. The molecule has 0 aliphatic carbocycles. The summed E-state index contributed by atoms with van der Waals surface area (Å²) in [5.74, 6) is -1.00. The highest BCUT2D eigenvalue weighted by Crippen LogP contribution is 2.26. The average molecular weight is 294 g/mol. The summed E-state index contributed by atoms with van der Waals surface area (Å²) in [6, 6.07) is 4.61. The Balaban J connectivity index is 1.49. The molecule has 3 rings (SSSR count). The van der Waals surface area contributed by atoms with E-state index in [1.165, 1.54) is 12.8 Å². The topological polar surface area (TPSA) is 41.1 Å². The number of benzene rings is 1. The molecule has 114 valence electrons. The highest BCUT2D eigenvalue weighted by Gasteiger charge is 2.33. The standard InChI is InChI=1S/C16H20F2N2O/c17-11-2-5-15(18)10(7-11)1-6-16(21)20-14-8-12-3-4-13(9-14)19-12/h2,5,7,12-14,19H,1,3-4,6,8-9H2,(H,20,21). The zero-order valence-electron chi connectivity index (χ0n) is 11.9. The number of carbonyl (C=O) groups is 1. The number of halogens is 2. The lowest BCUT2D eigenvalue weighted by atomic mass is 9.99. The van der Waals surface area contributed by atoms with E-state index in [2.05, 4.69) is 10.6 Å². The van der Waals surface area contributed by atoms with Gasteiger partial charge in [-0.25, -0.2) is 8.78 Å². The van der Waals surface area contributed by atoms with Gasteiger partial charge in [-0.1, -0.05) is 0 Å². The van der Waals surface area contributed by atoms with Crippen molar-refractivity contribution in [3.8, 4) is 0 Å². The monoisotopic (exact) mass is 294 g/mol. The molecule has 0 radical (unpaired) electrons. The molecule has 3 nitrogen and oxygen atoms in total. The molecule has 2 aliphatic heterocycles. The maximum absolute atomic E-state index is 13.5. The van der Waals surface area contributed by atoms with E-state index in [0.29, 0.717) is 12.1 Å². The van der Waals surface area contributed by atoms with Crippen LogP contribution in [0.3, 0.4) is 0 Å². The summed E-state index contributed by atoms with van der Waals surface area (Å²) in [5, 5.41) is 6.55. The molecule has 2 fully saturated rings. The first-order valence-corrected chi connectivity index (χ1v) is 7.59. The highest BCUT2D eigenvalue weighted by atomic mass is 19.1. The van der Waals surface area contributed by atoms with Gasteiger partial charge in [0.2, 0.25) is 5.91 Å². The van der Waals surface area contributed by atoms with E-state index in [1.807, 2.05) is 0 Å². The summed E-state index contributed by atoms with van der Waals surface area (Å²) < 4.78 is 26.5. The zero-order chi connectivity index (χ0) is 14.8. The van der Waals surface area contributed by atoms with Crippen molar-refractivity contribution in [1.82, 2.24) is 10.6 Å². The van der Waals surface area contributed by atoms with Crippen LogP contribution in [0.25, 0.3) is 0 Å². The molecule has 0 spiro atoms. The van der Waals surface area contributed by atoms with Gasteiger partial charge < -0.3 is 10.6 Å². The molecular formula is C16H20F2N2O. The van der Waals surface area contributed by atoms with Crippen molar-refractivity contribution in [1.29, 1.82) is 0 Å². The minimum atomic E-state index is -0.471. The number of hydrogen-bond donors (Lipinski definition) is 2. The van der Waals surface area contributed by atoms with Crippen molar-refractivity contribution in [2.24, 2.45) is 0 Å². The Morgan fingerprint density at radius 3 is 2.67 bits per heavy atom. The van der Waals surface area contributed by atoms with Crippen LogP contribution in [-0.4, -0.2) is 24.0 Å². The van der Waals surface area contributed by atoms with Crippen molar-refractivity contribution in [2.75, 3.05) is 0 Å². The third-order valence-electron chi connectivity index (χ3n) is 4.47. The summed E-state index contributed by atoms with van der Waals surface area (Å²) in [6.07, 6.45) is 4.73. The van der Waals surface area contributed by atoms with Gasteiger partial charge in [-0.3, -0.25) is 4.79 Å². The number of piperidine rings is 1. The first kappa shape index (κ1) is 14.4. The normalized spacial score (nSPS) is 27.6. The summed E-state index contributed by atoms with van der Waals surface area (Å²) in [7, 11) is 0. The minimum Gasteiger partial charge on any atom is -0.353 e. The van der Waals surface area contributed by atoms with Gasteiger partial charge in [0.1, 0.15) is 11.6 Å². The number of fused-ring (bicyclic) bond motifs is 2. The van der Waals surface area contributed by atoms with E-state index in [9.17, 15) is 13.6 Å². The third kappa shape index (κ3) is 3.59. The smallest absolute Gasteiger partial charge is 0.220 e. The molecule has 0 aromatic heterocycles. The molecule has 5 heteroatoms. The predicted molar refractivity (Wildman–Crippen MR) is 75.8 cm³/mol. The van der Waals surface area contributed by atoms with Gasteiger partial charge >= 0.3 is 0 Å². The summed E-state index contributed by atoms with van der Waals surface area (Å²) >= 11 is 0.